The Kier molecular flexibility index (Phi) is 5.99. The molecule has 172 valence electrons. The number of benzene rings is 3. The number of Topliss-reactive ketones (excluding diaryl/α,β-unsaturated/α-hetero) is 1. The first kappa shape index (κ1) is 22.9. The van der Waals surface area contributed by atoms with Crippen molar-refractivity contribution in [3.8, 4) is 0 Å². The Balaban J connectivity index is 1.73. The van der Waals surface area contributed by atoms with Gasteiger partial charge >= 0.3 is 5.97 Å². The lowest BCUT2D eigenvalue weighted by Crippen LogP contribution is -2.20. The Morgan fingerprint density at radius 1 is 1.00 bits per heavy atom. The highest BCUT2D eigenvalue weighted by Crippen LogP contribution is 2.30. The van der Waals surface area contributed by atoms with E-state index in [-0.39, 0.29) is 5.56 Å². The van der Waals surface area contributed by atoms with E-state index in [1.807, 2.05) is 6.07 Å². The largest absolute Gasteiger partial charge is 0.445 e. The van der Waals surface area contributed by atoms with Gasteiger partial charge in [-0.05, 0) is 18.2 Å². The standard InChI is InChI=1S/C24H18N2O7S/c1-34(31,32)21-12-11-16(13-20(21)26(29)30)24(28)33-23(15-7-3-2-4-8-15)22(27)18-14-25-19-10-6-5-9-17(18)19/h2-14,23,25H,1H3. The van der Waals surface area contributed by atoms with Crippen molar-refractivity contribution in [2.75, 3.05) is 6.26 Å². The maximum Gasteiger partial charge on any atom is 0.339 e. The summed E-state index contributed by atoms with van der Waals surface area (Å²) in [6, 6.07) is 18.4. The molecule has 4 aromatic rings. The van der Waals surface area contributed by atoms with Gasteiger partial charge in [-0.15, -0.1) is 0 Å². The van der Waals surface area contributed by atoms with E-state index >= 15 is 0 Å². The van der Waals surface area contributed by atoms with E-state index in [2.05, 4.69) is 4.98 Å². The topological polar surface area (TPSA) is 136 Å². The van der Waals surface area contributed by atoms with E-state index in [9.17, 15) is 28.1 Å². The molecule has 10 heteroatoms. The molecular weight excluding hydrogens is 460 g/mol. The SMILES string of the molecule is CS(=O)(=O)c1ccc(C(=O)OC(C(=O)c2c[nH]c3ccccc23)c2ccccc2)cc1[N+](=O)[O-]. The van der Waals surface area contributed by atoms with Crippen LogP contribution in [0.25, 0.3) is 10.9 Å². The number of carbonyl (C=O) groups excluding carboxylic acids is 2. The molecule has 3 aromatic carbocycles. The summed E-state index contributed by atoms with van der Waals surface area (Å²) in [5.41, 5.74) is 0.447. The second kappa shape index (κ2) is 8.91. The number of rotatable bonds is 7. The molecule has 0 saturated heterocycles. The summed E-state index contributed by atoms with van der Waals surface area (Å²) in [6.45, 7) is 0. The predicted molar refractivity (Wildman–Crippen MR) is 123 cm³/mol. The van der Waals surface area contributed by atoms with Gasteiger partial charge in [0.25, 0.3) is 5.69 Å². The van der Waals surface area contributed by atoms with Crippen molar-refractivity contribution < 1.29 is 27.7 Å². The highest BCUT2D eigenvalue weighted by Gasteiger charge is 2.30. The minimum Gasteiger partial charge on any atom is -0.445 e. The molecule has 1 unspecified atom stereocenters. The highest BCUT2D eigenvalue weighted by molar-refractivity contribution is 7.90. The molecule has 0 aliphatic carbocycles. The molecule has 0 aliphatic rings. The van der Waals surface area contributed by atoms with Crippen LogP contribution in [0.4, 0.5) is 5.69 Å². The van der Waals surface area contributed by atoms with E-state index in [1.165, 1.54) is 6.20 Å². The first-order valence-electron chi connectivity index (χ1n) is 10.0. The molecule has 34 heavy (non-hydrogen) atoms. The third kappa shape index (κ3) is 4.44. The maximum absolute atomic E-state index is 13.5. The Morgan fingerprint density at radius 3 is 2.35 bits per heavy atom. The fourth-order valence-corrected chi connectivity index (χ4v) is 4.42. The first-order chi connectivity index (χ1) is 16.2. The zero-order chi connectivity index (χ0) is 24.5. The molecule has 9 nitrogen and oxygen atoms in total. The van der Waals surface area contributed by atoms with Crippen LogP contribution >= 0.6 is 0 Å². The molecule has 1 N–H and O–H groups in total. The van der Waals surface area contributed by atoms with E-state index < -0.39 is 43.2 Å². The second-order valence-corrected chi connectivity index (χ2v) is 9.50. The molecule has 1 heterocycles. The number of nitrogens with zero attached hydrogens (tertiary/aromatic N) is 1. The molecular formula is C24H18N2O7S. The van der Waals surface area contributed by atoms with Crippen LogP contribution in [0.5, 0.6) is 0 Å². The van der Waals surface area contributed by atoms with Gasteiger partial charge in [0, 0.05) is 40.5 Å². The van der Waals surface area contributed by atoms with Gasteiger partial charge in [-0.2, -0.15) is 0 Å². The Labute approximate surface area is 194 Å². The number of ketones is 1. The van der Waals surface area contributed by atoms with Gasteiger partial charge < -0.3 is 9.72 Å². The smallest absolute Gasteiger partial charge is 0.339 e. The Hall–Kier alpha value is -4.31. The molecule has 1 aromatic heterocycles. The molecule has 0 saturated carbocycles. The average Bonchev–Trinajstić information content (AvgIpc) is 3.25. The van der Waals surface area contributed by atoms with Crippen molar-refractivity contribution in [3.63, 3.8) is 0 Å². The minimum atomic E-state index is -3.90. The molecule has 0 aliphatic heterocycles. The second-order valence-electron chi connectivity index (χ2n) is 7.52. The maximum atomic E-state index is 13.5. The molecule has 0 radical (unpaired) electrons. The van der Waals surface area contributed by atoms with E-state index in [4.69, 9.17) is 4.74 Å². The number of aromatic nitrogens is 1. The highest BCUT2D eigenvalue weighted by atomic mass is 32.2. The normalized spacial score (nSPS) is 12.3. The third-order valence-electron chi connectivity index (χ3n) is 5.21. The number of nitrogens with one attached hydrogen (secondary N) is 1. The fraction of sp³-hybridized carbons (Fsp3) is 0.0833. The van der Waals surface area contributed by atoms with Crippen LogP contribution in [0.1, 0.15) is 32.4 Å². The lowest BCUT2D eigenvalue weighted by atomic mass is 9.99. The first-order valence-corrected chi connectivity index (χ1v) is 11.9. The van der Waals surface area contributed by atoms with Gasteiger partial charge in [0.2, 0.25) is 5.78 Å². The van der Waals surface area contributed by atoms with Crippen LogP contribution < -0.4 is 0 Å². The Bertz CT molecular complexity index is 1530. The van der Waals surface area contributed by atoms with Crippen molar-refractivity contribution in [3.05, 3.63) is 106 Å². The number of ether oxygens (including phenoxy) is 1. The zero-order valence-corrected chi connectivity index (χ0v) is 18.6. The molecule has 1 atom stereocenters. The number of sulfone groups is 1. The Morgan fingerprint density at radius 2 is 1.68 bits per heavy atom. The number of para-hydroxylation sites is 1. The summed E-state index contributed by atoms with van der Waals surface area (Å²) in [5, 5.41) is 12.1. The van der Waals surface area contributed by atoms with Crippen LogP contribution in [0.3, 0.4) is 0 Å². The van der Waals surface area contributed by atoms with Crippen molar-refractivity contribution in [2.45, 2.75) is 11.0 Å². The summed E-state index contributed by atoms with van der Waals surface area (Å²) in [6.07, 6.45) is 1.03. The van der Waals surface area contributed by atoms with E-state index in [1.54, 1.807) is 48.5 Å². The zero-order valence-electron chi connectivity index (χ0n) is 17.8. The van der Waals surface area contributed by atoms with Crippen molar-refractivity contribution in [1.29, 1.82) is 0 Å². The van der Waals surface area contributed by atoms with Crippen LogP contribution in [-0.4, -0.2) is 36.3 Å². The third-order valence-corrected chi connectivity index (χ3v) is 6.36. The number of esters is 1. The fourth-order valence-electron chi connectivity index (χ4n) is 3.59. The summed E-state index contributed by atoms with van der Waals surface area (Å²) in [7, 11) is -3.90. The van der Waals surface area contributed by atoms with Crippen molar-refractivity contribution in [1.82, 2.24) is 4.98 Å². The average molecular weight is 478 g/mol. The summed E-state index contributed by atoms with van der Waals surface area (Å²) in [5.74, 6) is -1.50. The molecule has 0 spiro atoms. The van der Waals surface area contributed by atoms with Gasteiger partial charge in [0.05, 0.1) is 10.5 Å². The number of nitro benzene ring substituents is 1. The van der Waals surface area contributed by atoms with E-state index in [0.717, 1.165) is 30.0 Å². The van der Waals surface area contributed by atoms with E-state index in [0.29, 0.717) is 16.5 Å². The number of H-pyrrole nitrogens is 1. The summed E-state index contributed by atoms with van der Waals surface area (Å²) < 4.78 is 29.3. The molecule has 0 amide bonds. The van der Waals surface area contributed by atoms with Crippen LogP contribution in [0.2, 0.25) is 0 Å². The summed E-state index contributed by atoms with van der Waals surface area (Å²) >= 11 is 0. The van der Waals surface area contributed by atoms with Gasteiger partial charge in [0.1, 0.15) is 4.90 Å². The lowest BCUT2D eigenvalue weighted by molar-refractivity contribution is -0.387. The predicted octanol–water partition coefficient (Wildman–Crippen LogP) is 4.26. The monoisotopic (exact) mass is 478 g/mol. The van der Waals surface area contributed by atoms with Gasteiger partial charge in [-0.3, -0.25) is 14.9 Å². The number of fused-ring (bicyclic) bond motifs is 1. The van der Waals surface area contributed by atoms with Crippen molar-refractivity contribution >= 4 is 38.2 Å². The summed E-state index contributed by atoms with van der Waals surface area (Å²) in [4.78, 5) is 39.4. The number of nitro groups is 1. The molecule has 0 fully saturated rings. The number of aromatic amines is 1. The van der Waals surface area contributed by atoms with Gasteiger partial charge in [-0.25, -0.2) is 13.2 Å². The van der Waals surface area contributed by atoms with Crippen LogP contribution in [0, 0.1) is 10.1 Å². The number of hydrogen-bond acceptors (Lipinski definition) is 7. The van der Waals surface area contributed by atoms with Crippen molar-refractivity contribution in [2.24, 2.45) is 0 Å². The lowest BCUT2D eigenvalue weighted by Gasteiger charge is -2.17. The quantitative estimate of drug-likeness (QED) is 0.181. The number of carbonyl (C=O) groups is 2. The molecule has 0 bridgehead atoms. The van der Waals surface area contributed by atoms with Gasteiger partial charge in [-0.1, -0.05) is 48.5 Å². The number of hydrogen-bond donors (Lipinski definition) is 1. The minimum absolute atomic E-state index is 0.258. The molecule has 4 rings (SSSR count). The van der Waals surface area contributed by atoms with Crippen LogP contribution in [0.15, 0.2) is 83.9 Å². The van der Waals surface area contributed by atoms with Crippen LogP contribution in [-0.2, 0) is 14.6 Å². The van der Waals surface area contributed by atoms with Gasteiger partial charge in [0.15, 0.2) is 15.9 Å².